The van der Waals surface area contributed by atoms with Gasteiger partial charge < -0.3 is 19.7 Å². The first kappa shape index (κ1) is 39.0. The maximum absolute atomic E-state index is 13.3. The van der Waals surface area contributed by atoms with Crippen molar-refractivity contribution >= 4 is 50.9 Å². The first-order chi connectivity index (χ1) is 27.9. The van der Waals surface area contributed by atoms with Crippen LogP contribution in [-0.4, -0.2) is 53.5 Å². The highest BCUT2D eigenvalue weighted by atomic mass is 16.2. The third kappa shape index (κ3) is 7.48. The average Bonchev–Trinajstić information content (AvgIpc) is 3.16. The van der Waals surface area contributed by atoms with Crippen molar-refractivity contribution in [3.8, 4) is 0 Å². The Labute approximate surface area is 342 Å². The predicted octanol–water partition coefficient (Wildman–Crippen LogP) is 8.78. The maximum Gasteiger partial charge on any atom is 0.262 e. The molecule has 9 nitrogen and oxygen atoms in total. The van der Waals surface area contributed by atoms with Gasteiger partial charge in [-0.2, -0.15) is 0 Å². The lowest BCUT2D eigenvalue weighted by atomic mass is 9.49. The third-order valence-corrected chi connectivity index (χ3v) is 15.4. The van der Waals surface area contributed by atoms with E-state index in [1.807, 2.05) is 75.9 Å². The Bertz CT molecular complexity index is 2300. The molecule has 2 aromatic heterocycles. The minimum atomic E-state index is -0.101. The molecule has 4 aromatic rings. The van der Waals surface area contributed by atoms with Crippen LogP contribution in [0.5, 0.6) is 0 Å². The lowest BCUT2D eigenvalue weighted by molar-refractivity contribution is -0.127. The molecule has 12 rings (SSSR count). The number of hydrogen-bond acceptors (Lipinski definition) is 5. The summed E-state index contributed by atoms with van der Waals surface area (Å²) in [4.78, 5) is 55.7. The van der Waals surface area contributed by atoms with E-state index in [4.69, 9.17) is 0 Å². The Hall–Kier alpha value is -4.50. The van der Waals surface area contributed by atoms with Crippen molar-refractivity contribution in [3.05, 3.63) is 88.2 Å². The number of nitrogens with one attached hydrogen (secondary N) is 1. The lowest BCUT2D eigenvalue weighted by Gasteiger charge is -2.56. The summed E-state index contributed by atoms with van der Waals surface area (Å²) in [5.41, 5.74) is 1.94. The highest BCUT2D eigenvalue weighted by Crippen LogP contribution is 2.62. The summed E-state index contributed by atoms with van der Waals surface area (Å²) in [6.45, 7) is 5.16. The fraction of sp³-hybridized carbons (Fsp3) is 0.551. The molecule has 8 saturated carbocycles. The second-order valence-corrected chi connectivity index (χ2v) is 20.0. The molecular weight excluding hydrogens is 723 g/mol. The van der Waals surface area contributed by atoms with Crippen LogP contribution in [0.1, 0.15) is 89.9 Å². The summed E-state index contributed by atoms with van der Waals surface area (Å²) in [5.74, 6) is 5.38. The number of benzene rings is 2. The summed E-state index contributed by atoms with van der Waals surface area (Å²) in [5, 5.41) is 6.11. The number of amides is 2. The molecule has 306 valence electrons. The molecule has 0 unspecified atom stereocenters. The number of carbonyl (C=O) groups excluding carboxylic acids is 2. The maximum atomic E-state index is 13.3. The fourth-order valence-corrected chi connectivity index (χ4v) is 13.7. The van der Waals surface area contributed by atoms with Gasteiger partial charge in [0.2, 0.25) is 11.8 Å². The molecule has 8 fully saturated rings. The Morgan fingerprint density at radius 2 is 1.21 bits per heavy atom. The number of rotatable bonds is 10. The molecular formula is C49H61N5O4. The van der Waals surface area contributed by atoms with E-state index >= 15 is 0 Å². The van der Waals surface area contributed by atoms with Crippen LogP contribution in [0.15, 0.2) is 77.1 Å². The minimum Gasteiger partial charge on any atom is -0.325 e. The lowest BCUT2D eigenvalue weighted by Crippen LogP contribution is -2.48. The van der Waals surface area contributed by atoms with E-state index in [2.05, 4.69) is 16.8 Å². The van der Waals surface area contributed by atoms with Crippen LogP contribution in [-0.2, 0) is 16.1 Å². The highest BCUT2D eigenvalue weighted by molar-refractivity contribution is 6.04. The van der Waals surface area contributed by atoms with Gasteiger partial charge in [-0.25, -0.2) is 0 Å². The SMILES string of the molecule is C=Cn1ccc2c(N(C)C(=O)CC34CC5CC(CC(C5)C3)C4)cccc2c1=O.CN(C)CCn1ccc2c(NC(=O)CC34CC5CC(CC(C5)C3)C4)cccc2c1=O. The van der Waals surface area contributed by atoms with Gasteiger partial charge in [0.05, 0.1) is 5.69 Å². The zero-order valence-electron chi connectivity index (χ0n) is 34.8. The van der Waals surface area contributed by atoms with Gasteiger partial charge in [0.15, 0.2) is 0 Å². The van der Waals surface area contributed by atoms with E-state index in [1.165, 1.54) is 87.8 Å². The van der Waals surface area contributed by atoms with Crippen molar-refractivity contribution in [2.45, 2.75) is 96.4 Å². The summed E-state index contributed by atoms with van der Waals surface area (Å²) < 4.78 is 3.23. The summed E-state index contributed by atoms with van der Waals surface area (Å²) in [7, 11) is 5.86. The van der Waals surface area contributed by atoms with Crippen LogP contribution in [0.2, 0.25) is 0 Å². The number of pyridine rings is 2. The monoisotopic (exact) mass is 783 g/mol. The van der Waals surface area contributed by atoms with Gasteiger partial charge >= 0.3 is 0 Å². The second kappa shape index (κ2) is 15.3. The molecule has 2 amide bonds. The Morgan fingerprint density at radius 1 is 0.690 bits per heavy atom. The van der Waals surface area contributed by atoms with Crippen LogP contribution in [0.25, 0.3) is 27.7 Å². The smallest absolute Gasteiger partial charge is 0.262 e. The Kier molecular flexibility index (Phi) is 10.3. The number of nitrogens with zero attached hydrogens (tertiary/aromatic N) is 4. The van der Waals surface area contributed by atoms with Gasteiger partial charge in [-0.1, -0.05) is 18.7 Å². The standard InChI is InChI=1S/C25H33N3O2.C24H28N2O2/c1-27(2)8-9-28-7-6-20-21(24(28)30)4-3-5-22(20)26-23(29)16-25-13-17-10-18(14-25)12-19(11-17)15-25;1-3-26-8-7-19-20(23(26)28)5-4-6-21(19)25(2)22(27)15-24-12-16-9-17(13-24)11-18(10-16)14-24/h3-7,17-19H,8-16H2,1-2H3,(H,26,29);3-8,16-18H,1,9-15H2,2H3. The van der Waals surface area contributed by atoms with E-state index in [1.54, 1.807) is 15.7 Å². The molecule has 8 aliphatic rings. The van der Waals surface area contributed by atoms with Crippen molar-refractivity contribution in [3.63, 3.8) is 0 Å². The van der Waals surface area contributed by atoms with Gasteiger partial charge in [-0.3, -0.25) is 23.7 Å². The van der Waals surface area contributed by atoms with Crippen molar-refractivity contribution < 1.29 is 9.59 Å². The third-order valence-electron chi connectivity index (χ3n) is 15.4. The van der Waals surface area contributed by atoms with Crippen LogP contribution < -0.4 is 21.3 Å². The first-order valence-electron chi connectivity index (χ1n) is 22.0. The van der Waals surface area contributed by atoms with Crippen molar-refractivity contribution in [1.82, 2.24) is 14.0 Å². The molecule has 9 heteroatoms. The molecule has 8 bridgehead atoms. The van der Waals surface area contributed by atoms with Crippen LogP contribution in [0.4, 0.5) is 11.4 Å². The normalized spacial score (nSPS) is 30.1. The number of hydrogen-bond donors (Lipinski definition) is 1. The summed E-state index contributed by atoms with van der Waals surface area (Å²) in [6, 6.07) is 15.1. The minimum absolute atomic E-state index is 0.00605. The van der Waals surface area contributed by atoms with E-state index in [0.717, 1.165) is 64.2 Å². The molecule has 0 radical (unpaired) electrons. The van der Waals surface area contributed by atoms with Gasteiger partial charge in [-0.05, 0) is 174 Å². The van der Waals surface area contributed by atoms with Crippen molar-refractivity contribution in [2.75, 3.05) is 37.9 Å². The number of aromatic nitrogens is 2. The molecule has 0 aliphatic heterocycles. The molecule has 2 heterocycles. The molecule has 0 spiro atoms. The van der Waals surface area contributed by atoms with E-state index in [9.17, 15) is 19.2 Å². The van der Waals surface area contributed by atoms with Crippen LogP contribution >= 0.6 is 0 Å². The van der Waals surface area contributed by atoms with Gasteiger partial charge in [-0.15, -0.1) is 0 Å². The van der Waals surface area contributed by atoms with Gasteiger partial charge in [0, 0.05) is 78.8 Å². The van der Waals surface area contributed by atoms with E-state index in [-0.39, 0.29) is 33.8 Å². The van der Waals surface area contributed by atoms with Crippen LogP contribution in [0, 0.1) is 46.3 Å². The molecule has 0 saturated heterocycles. The average molecular weight is 784 g/mol. The zero-order chi connectivity index (χ0) is 40.3. The molecule has 8 aliphatic carbocycles. The number of anilines is 2. The first-order valence-corrected chi connectivity index (χ1v) is 22.0. The quantitative estimate of drug-likeness (QED) is 0.174. The number of fused-ring (bicyclic) bond motifs is 2. The van der Waals surface area contributed by atoms with E-state index in [0.29, 0.717) is 30.2 Å². The molecule has 1 N–H and O–H groups in total. The summed E-state index contributed by atoms with van der Waals surface area (Å²) >= 11 is 0. The Balaban J connectivity index is 0.000000151. The highest BCUT2D eigenvalue weighted by Gasteiger charge is 2.53. The largest absolute Gasteiger partial charge is 0.325 e. The topological polar surface area (TPSA) is 96.7 Å². The molecule has 2 aromatic carbocycles. The number of likely N-dealkylation sites (N-methyl/N-ethyl adjacent to an activating group) is 1. The van der Waals surface area contributed by atoms with Crippen molar-refractivity contribution in [2.24, 2.45) is 46.3 Å². The zero-order valence-corrected chi connectivity index (χ0v) is 34.8. The predicted molar refractivity (Wildman–Crippen MR) is 234 cm³/mol. The molecule has 58 heavy (non-hydrogen) atoms. The van der Waals surface area contributed by atoms with Gasteiger partial charge in [0.1, 0.15) is 0 Å². The second-order valence-electron chi connectivity index (χ2n) is 20.0. The van der Waals surface area contributed by atoms with Crippen LogP contribution in [0.3, 0.4) is 0 Å². The Morgan fingerprint density at radius 3 is 1.76 bits per heavy atom. The van der Waals surface area contributed by atoms with Gasteiger partial charge in [0.25, 0.3) is 11.1 Å². The molecule has 0 atom stereocenters. The van der Waals surface area contributed by atoms with Crippen molar-refractivity contribution in [1.29, 1.82) is 0 Å². The fourth-order valence-electron chi connectivity index (χ4n) is 13.7. The van der Waals surface area contributed by atoms with E-state index < -0.39 is 0 Å². The number of carbonyl (C=O) groups is 2. The summed E-state index contributed by atoms with van der Waals surface area (Å²) in [6.07, 6.45) is 22.1.